The van der Waals surface area contributed by atoms with Crippen LogP contribution >= 0.6 is 24.0 Å². The number of piperidine rings is 1. The van der Waals surface area contributed by atoms with Crippen molar-refractivity contribution < 1.29 is 17.6 Å². The zero-order valence-corrected chi connectivity index (χ0v) is 25.0. The van der Waals surface area contributed by atoms with E-state index < -0.39 is 10.0 Å². The van der Waals surface area contributed by atoms with E-state index in [1.54, 1.807) is 45.4 Å². The van der Waals surface area contributed by atoms with E-state index in [4.69, 9.17) is 17.3 Å². The van der Waals surface area contributed by atoms with Crippen molar-refractivity contribution in [3.05, 3.63) is 107 Å². The number of hydrogen-bond donors (Lipinski definition) is 0. The predicted molar refractivity (Wildman–Crippen MR) is 167 cm³/mol. The fourth-order valence-corrected chi connectivity index (χ4v) is 7.85. The van der Waals surface area contributed by atoms with Gasteiger partial charge in [0, 0.05) is 30.4 Å². The van der Waals surface area contributed by atoms with Crippen molar-refractivity contribution in [1.82, 2.24) is 19.0 Å². The summed E-state index contributed by atoms with van der Waals surface area (Å²) in [6.45, 7) is 1.26. The maximum absolute atomic E-state index is 13.4. The maximum atomic E-state index is 13.4. The van der Waals surface area contributed by atoms with E-state index in [0.29, 0.717) is 39.1 Å². The van der Waals surface area contributed by atoms with E-state index in [9.17, 15) is 17.6 Å². The second kappa shape index (κ2) is 11.9. The maximum Gasteiger partial charge on any atom is 0.266 e. The van der Waals surface area contributed by atoms with Crippen molar-refractivity contribution in [3.63, 3.8) is 0 Å². The number of thiocarbonyl (C=S) groups is 1. The number of carbonyl (C=O) groups is 1. The molecule has 0 spiro atoms. The lowest BCUT2D eigenvalue weighted by molar-refractivity contribution is -0.122. The number of rotatable bonds is 7. The van der Waals surface area contributed by atoms with Crippen LogP contribution < -0.4 is 0 Å². The van der Waals surface area contributed by atoms with Crippen LogP contribution in [0.4, 0.5) is 4.39 Å². The average molecular weight is 619 g/mol. The molecule has 1 aromatic heterocycles. The number of carbonyl (C=O) groups excluding carboxylic acids is 1. The van der Waals surface area contributed by atoms with Crippen LogP contribution in [0, 0.1) is 5.82 Å². The SMILES string of the molecule is O=C1/C(=C/c2cn(-c3ccccc3)nc2-c2cccc(S(=O)(=O)N3CCCCC3)c2)SC(=S)N1Cc1ccc(F)cc1. The molecule has 1 amide bonds. The number of benzene rings is 3. The summed E-state index contributed by atoms with van der Waals surface area (Å²) < 4.78 is 43.9. The molecule has 6 rings (SSSR count). The van der Waals surface area contributed by atoms with Gasteiger partial charge in [-0.3, -0.25) is 9.69 Å². The van der Waals surface area contributed by atoms with Crippen LogP contribution in [0.15, 0.2) is 94.9 Å². The van der Waals surface area contributed by atoms with Gasteiger partial charge in [0.1, 0.15) is 15.8 Å². The highest BCUT2D eigenvalue weighted by atomic mass is 32.2. The molecule has 0 aliphatic carbocycles. The van der Waals surface area contributed by atoms with Crippen molar-refractivity contribution in [2.75, 3.05) is 13.1 Å². The molecular weight excluding hydrogens is 592 g/mol. The fourth-order valence-electron chi connectivity index (χ4n) is 5.04. The van der Waals surface area contributed by atoms with Gasteiger partial charge in [-0.05, 0) is 60.9 Å². The number of nitrogens with zero attached hydrogens (tertiary/aromatic N) is 4. The Morgan fingerprint density at radius 2 is 1.69 bits per heavy atom. The Hall–Kier alpha value is -3.64. The van der Waals surface area contributed by atoms with Gasteiger partial charge in [0.2, 0.25) is 10.0 Å². The minimum atomic E-state index is -3.65. The normalized spacial score (nSPS) is 17.4. The minimum Gasteiger partial charge on any atom is -0.288 e. The van der Waals surface area contributed by atoms with E-state index in [-0.39, 0.29) is 23.2 Å². The Bertz CT molecular complexity index is 1780. The molecule has 0 radical (unpaired) electrons. The first-order valence-electron chi connectivity index (χ1n) is 13.5. The van der Waals surface area contributed by atoms with Crippen molar-refractivity contribution in [1.29, 1.82) is 0 Å². The van der Waals surface area contributed by atoms with Crippen LogP contribution in [0.1, 0.15) is 30.4 Å². The molecule has 0 N–H and O–H groups in total. The average Bonchev–Trinajstić information content (AvgIpc) is 3.55. The van der Waals surface area contributed by atoms with Crippen molar-refractivity contribution >= 4 is 50.3 Å². The number of hydrogen-bond acceptors (Lipinski definition) is 6. The Morgan fingerprint density at radius 3 is 2.43 bits per heavy atom. The summed E-state index contributed by atoms with van der Waals surface area (Å²) in [6.07, 6.45) is 6.30. The second-order valence-corrected chi connectivity index (χ2v) is 13.7. The lowest BCUT2D eigenvalue weighted by Crippen LogP contribution is -2.35. The van der Waals surface area contributed by atoms with Gasteiger partial charge in [-0.1, -0.05) is 72.9 Å². The summed E-state index contributed by atoms with van der Waals surface area (Å²) >= 11 is 6.71. The Morgan fingerprint density at radius 1 is 0.952 bits per heavy atom. The Kier molecular flexibility index (Phi) is 8.09. The van der Waals surface area contributed by atoms with Gasteiger partial charge in [0.25, 0.3) is 5.91 Å². The van der Waals surface area contributed by atoms with E-state index >= 15 is 0 Å². The first-order valence-corrected chi connectivity index (χ1v) is 16.2. The van der Waals surface area contributed by atoms with Gasteiger partial charge in [0.05, 0.1) is 22.0 Å². The third-order valence-electron chi connectivity index (χ3n) is 7.24. The lowest BCUT2D eigenvalue weighted by Gasteiger charge is -2.26. The van der Waals surface area contributed by atoms with Gasteiger partial charge in [-0.2, -0.15) is 9.40 Å². The molecule has 3 heterocycles. The largest absolute Gasteiger partial charge is 0.288 e. The predicted octanol–water partition coefficient (Wildman–Crippen LogP) is 6.25. The molecule has 2 aliphatic rings. The molecule has 3 aromatic carbocycles. The van der Waals surface area contributed by atoms with Gasteiger partial charge in [0.15, 0.2) is 0 Å². The quantitative estimate of drug-likeness (QED) is 0.180. The number of para-hydroxylation sites is 1. The van der Waals surface area contributed by atoms with Crippen LogP contribution in [0.3, 0.4) is 0 Å². The van der Waals surface area contributed by atoms with Gasteiger partial charge in [-0.25, -0.2) is 17.5 Å². The topological polar surface area (TPSA) is 75.5 Å². The molecule has 0 atom stereocenters. The summed E-state index contributed by atoms with van der Waals surface area (Å²) in [7, 11) is -3.65. The molecule has 0 bridgehead atoms. The van der Waals surface area contributed by atoms with Crippen molar-refractivity contribution in [2.45, 2.75) is 30.7 Å². The minimum absolute atomic E-state index is 0.215. The first kappa shape index (κ1) is 28.5. The molecule has 2 saturated heterocycles. The fraction of sp³-hybridized carbons (Fsp3) is 0.194. The van der Waals surface area contributed by atoms with Gasteiger partial charge >= 0.3 is 0 Å². The Balaban J connectivity index is 1.38. The highest BCUT2D eigenvalue weighted by molar-refractivity contribution is 8.26. The molecule has 214 valence electrons. The standard InChI is InChI=1S/C31H27FN4O3S3/c32-25-14-12-22(13-15-25)20-35-30(37)28(41-31(35)40)19-24-21-36(26-9-3-1-4-10-26)33-29(24)23-8-7-11-27(18-23)42(38,39)34-16-5-2-6-17-34/h1,3-4,7-15,18-19,21H,2,5-6,16-17,20H2/b28-19-. The number of halogens is 1. The molecule has 0 unspecified atom stereocenters. The summed E-state index contributed by atoms with van der Waals surface area (Å²) in [5.41, 5.74) is 3.39. The number of amides is 1. The van der Waals surface area contributed by atoms with Crippen LogP contribution in [0.5, 0.6) is 0 Å². The van der Waals surface area contributed by atoms with E-state index in [0.717, 1.165) is 30.5 Å². The lowest BCUT2D eigenvalue weighted by atomic mass is 10.1. The third-order valence-corrected chi connectivity index (χ3v) is 10.5. The van der Waals surface area contributed by atoms with Gasteiger partial charge in [-0.15, -0.1) is 0 Å². The molecule has 4 aromatic rings. The molecule has 0 saturated carbocycles. The first-order chi connectivity index (χ1) is 20.3. The second-order valence-electron chi connectivity index (χ2n) is 10.1. The molecule has 7 nitrogen and oxygen atoms in total. The third kappa shape index (κ3) is 5.82. The van der Waals surface area contributed by atoms with Crippen molar-refractivity contribution in [2.24, 2.45) is 0 Å². The van der Waals surface area contributed by atoms with Gasteiger partial charge < -0.3 is 0 Å². The summed E-state index contributed by atoms with van der Waals surface area (Å²) in [5, 5.41) is 4.83. The summed E-state index contributed by atoms with van der Waals surface area (Å²) in [5.74, 6) is -0.603. The van der Waals surface area contributed by atoms with Crippen LogP contribution in [-0.2, 0) is 21.4 Å². The van der Waals surface area contributed by atoms with Crippen LogP contribution in [-0.4, -0.2) is 50.7 Å². The number of thioether (sulfide) groups is 1. The van der Waals surface area contributed by atoms with Crippen molar-refractivity contribution in [3.8, 4) is 16.9 Å². The molecule has 42 heavy (non-hydrogen) atoms. The highest BCUT2D eigenvalue weighted by Crippen LogP contribution is 2.36. The molecular formula is C31H27FN4O3S3. The van der Waals surface area contributed by atoms with E-state index in [2.05, 4.69) is 0 Å². The smallest absolute Gasteiger partial charge is 0.266 e. The van der Waals surface area contributed by atoms with E-state index in [1.807, 2.05) is 42.6 Å². The van der Waals surface area contributed by atoms with E-state index in [1.165, 1.54) is 28.8 Å². The molecule has 2 aliphatic heterocycles. The summed E-state index contributed by atoms with van der Waals surface area (Å²) in [6, 6.07) is 22.3. The summed E-state index contributed by atoms with van der Waals surface area (Å²) in [4.78, 5) is 15.6. The Labute approximate surface area is 253 Å². The van der Waals surface area contributed by atoms with Crippen LogP contribution in [0.25, 0.3) is 23.0 Å². The number of aromatic nitrogens is 2. The zero-order chi connectivity index (χ0) is 29.3. The van der Waals surface area contributed by atoms with Crippen LogP contribution in [0.2, 0.25) is 0 Å². The zero-order valence-electron chi connectivity index (χ0n) is 22.5. The molecule has 11 heteroatoms. The number of sulfonamides is 1. The monoisotopic (exact) mass is 618 g/mol. The molecule has 2 fully saturated rings. The highest BCUT2D eigenvalue weighted by Gasteiger charge is 2.33.